The molecule has 0 atom stereocenters. The van der Waals surface area contributed by atoms with Crippen molar-refractivity contribution in [3.05, 3.63) is 34.1 Å². The Morgan fingerprint density at radius 1 is 1.50 bits per heavy atom. The van der Waals surface area contributed by atoms with Crippen LogP contribution in [-0.2, 0) is 5.41 Å². The van der Waals surface area contributed by atoms with Gasteiger partial charge in [0.2, 0.25) is 0 Å². The zero-order valence-corrected chi connectivity index (χ0v) is 9.70. The van der Waals surface area contributed by atoms with Gasteiger partial charge in [-0.15, -0.1) is 0 Å². The van der Waals surface area contributed by atoms with E-state index in [1.165, 1.54) is 0 Å². The van der Waals surface area contributed by atoms with Crippen molar-refractivity contribution < 1.29 is 4.39 Å². The van der Waals surface area contributed by atoms with Crippen molar-refractivity contribution >= 4 is 15.9 Å². The quantitative estimate of drug-likeness (QED) is 0.879. The highest BCUT2D eigenvalue weighted by atomic mass is 79.9. The van der Waals surface area contributed by atoms with Gasteiger partial charge in [0.25, 0.3) is 0 Å². The van der Waals surface area contributed by atoms with Crippen LogP contribution in [0.3, 0.4) is 0 Å². The van der Waals surface area contributed by atoms with E-state index < -0.39 is 0 Å². The summed E-state index contributed by atoms with van der Waals surface area (Å²) in [6, 6.07) is 5.45. The van der Waals surface area contributed by atoms with Crippen LogP contribution in [0.4, 0.5) is 4.39 Å². The first-order valence-corrected chi connectivity index (χ1v) is 5.57. The van der Waals surface area contributed by atoms with E-state index >= 15 is 0 Å². The van der Waals surface area contributed by atoms with Crippen LogP contribution in [0.2, 0.25) is 0 Å². The number of halogens is 2. The van der Waals surface area contributed by atoms with Crippen molar-refractivity contribution in [3.8, 4) is 0 Å². The lowest BCUT2D eigenvalue weighted by Crippen LogP contribution is -2.23. The molecule has 76 valence electrons. The second-order valence-electron chi connectivity index (χ2n) is 3.94. The lowest BCUT2D eigenvalue weighted by atomic mass is 9.96. The lowest BCUT2D eigenvalue weighted by Gasteiger charge is -2.15. The summed E-state index contributed by atoms with van der Waals surface area (Å²) in [7, 11) is 1.94. The van der Waals surface area contributed by atoms with Crippen LogP contribution in [0.1, 0.15) is 18.4 Å². The Hall–Kier alpha value is -0.410. The normalized spacial score (nSPS) is 18.2. The summed E-state index contributed by atoms with van der Waals surface area (Å²) in [5.74, 6) is -0.162. The van der Waals surface area contributed by atoms with Gasteiger partial charge in [-0.2, -0.15) is 0 Å². The average molecular weight is 258 g/mol. The Morgan fingerprint density at radius 2 is 2.21 bits per heavy atom. The molecule has 0 aromatic heterocycles. The summed E-state index contributed by atoms with van der Waals surface area (Å²) in [5.41, 5.74) is 1.32. The number of rotatable bonds is 3. The highest BCUT2D eigenvalue weighted by Crippen LogP contribution is 2.47. The average Bonchev–Trinajstić information content (AvgIpc) is 2.91. The van der Waals surface area contributed by atoms with Crippen molar-refractivity contribution in [2.75, 3.05) is 13.6 Å². The van der Waals surface area contributed by atoms with Crippen molar-refractivity contribution in [1.29, 1.82) is 0 Å². The van der Waals surface area contributed by atoms with Crippen molar-refractivity contribution in [2.45, 2.75) is 18.3 Å². The standard InChI is InChI=1S/C11H13BrFN/c1-14-7-11(4-5-11)8-2-3-9(12)10(13)6-8/h2-3,6,14H,4-5,7H2,1H3. The van der Waals surface area contributed by atoms with E-state index in [1.807, 2.05) is 13.1 Å². The van der Waals surface area contributed by atoms with Gasteiger partial charge in [-0.3, -0.25) is 0 Å². The highest BCUT2D eigenvalue weighted by molar-refractivity contribution is 9.10. The van der Waals surface area contributed by atoms with E-state index in [2.05, 4.69) is 21.2 Å². The maximum atomic E-state index is 13.3. The molecule has 0 saturated heterocycles. The molecule has 3 heteroatoms. The molecule has 0 amide bonds. The predicted molar refractivity (Wildman–Crippen MR) is 58.9 cm³/mol. The molecule has 1 saturated carbocycles. The van der Waals surface area contributed by atoms with Crippen molar-refractivity contribution in [1.82, 2.24) is 5.32 Å². The molecule has 1 nitrogen and oxygen atoms in total. The topological polar surface area (TPSA) is 12.0 Å². The summed E-state index contributed by atoms with van der Waals surface area (Å²) >= 11 is 3.16. The van der Waals surface area contributed by atoms with Crippen LogP contribution in [0.5, 0.6) is 0 Å². The molecule has 1 aliphatic rings. The Kier molecular flexibility index (Phi) is 2.62. The van der Waals surface area contributed by atoms with Gasteiger partial charge in [0.15, 0.2) is 0 Å². The third-order valence-electron chi connectivity index (χ3n) is 2.90. The van der Waals surface area contributed by atoms with Crippen LogP contribution >= 0.6 is 15.9 Å². The maximum Gasteiger partial charge on any atom is 0.137 e. The molecule has 0 radical (unpaired) electrons. The van der Waals surface area contributed by atoms with Crippen LogP contribution in [0, 0.1) is 5.82 Å². The number of hydrogen-bond acceptors (Lipinski definition) is 1. The van der Waals surface area contributed by atoms with Crippen LogP contribution < -0.4 is 5.32 Å². The maximum absolute atomic E-state index is 13.3. The Balaban J connectivity index is 2.28. The zero-order chi connectivity index (χ0) is 10.2. The molecule has 2 rings (SSSR count). The third kappa shape index (κ3) is 1.71. The second-order valence-corrected chi connectivity index (χ2v) is 4.79. The molecule has 0 bridgehead atoms. The SMILES string of the molecule is CNCC1(c2ccc(Br)c(F)c2)CC1. The van der Waals surface area contributed by atoms with E-state index in [0.29, 0.717) is 4.47 Å². The van der Waals surface area contributed by atoms with Gasteiger partial charge in [0.05, 0.1) is 4.47 Å². The third-order valence-corrected chi connectivity index (χ3v) is 3.54. The molecule has 1 fully saturated rings. The van der Waals surface area contributed by atoms with E-state index in [9.17, 15) is 4.39 Å². The summed E-state index contributed by atoms with van der Waals surface area (Å²) in [4.78, 5) is 0. The van der Waals surface area contributed by atoms with E-state index in [4.69, 9.17) is 0 Å². The molecule has 0 heterocycles. The Morgan fingerprint density at radius 3 is 2.71 bits per heavy atom. The van der Waals surface area contributed by atoms with Gasteiger partial charge in [0.1, 0.15) is 5.82 Å². The summed E-state index contributed by atoms with van der Waals surface area (Å²) in [5, 5.41) is 3.17. The minimum Gasteiger partial charge on any atom is -0.319 e. The molecule has 1 aliphatic carbocycles. The van der Waals surface area contributed by atoms with Gasteiger partial charge in [0, 0.05) is 12.0 Å². The fourth-order valence-corrected chi connectivity index (χ4v) is 2.13. The molecule has 1 aromatic carbocycles. The Labute approximate surface area is 91.8 Å². The van der Waals surface area contributed by atoms with E-state index in [-0.39, 0.29) is 11.2 Å². The molecule has 1 N–H and O–H groups in total. The smallest absolute Gasteiger partial charge is 0.137 e. The molecule has 0 aliphatic heterocycles. The first-order chi connectivity index (χ1) is 6.68. The largest absolute Gasteiger partial charge is 0.319 e. The van der Waals surface area contributed by atoms with Gasteiger partial charge >= 0.3 is 0 Å². The van der Waals surface area contributed by atoms with Gasteiger partial charge in [-0.1, -0.05) is 6.07 Å². The number of benzene rings is 1. The number of nitrogens with one attached hydrogen (secondary N) is 1. The first-order valence-electron chi connectivity index (χ1n) is 4.78. The molecular weight excluding hydrogens is 245 g/mol. The van der Waals surface area contributed by atoms with Crippen LogP contribution in [0.25, 0.3) is 0 Å². The van der Waals surface area contributed by atoms with Gasteiger partial charge in [-0.05, 0) is 53.5 Å². The molecule has 0 spiro atoms. The predicted octanol–water partition coefficient (Wildman–Crippen LogP) is 2.84. The minimum absolute atomic E-state index is 0.162. The van der Waals surface area contributed by atoms with Gasteiger partial charge < -0.3 is 5.32 Å². The van der Waals surface area contributed by atoms with Crippen molar-refractivity contribution in [3.63, 3.8) is 0 Å². The molecule has 14 heavy (non-hydrogen) atoms. The minimum atomic E-state index is -0.162. The fourth-order valence-electron chi connectivity index (χ4n) is 1.88. The fraction of sp³-hybridized carbons (Fsp3) is 0.455. The molecular formula is C11H13BrFN. The summed E-state index contributed by atoms with van der Waals surface area (Å²) in [6.07, 6.45) is 2.32. The zero-order valence-electron chi connectivity index (χ0n) is 8.11. The molecule has 0 unspecified atom stereocenters. The van der Waals surface area contributed by atoms with E-state index in [1.54, 1.807) is 12.1 Å². The first kappa shape index (κ1) is 10.1. The second kappa shape index (κ2) is 3.63. The van der Waals surface area contributed by atoms with E-state index in [0.717, 1.165) is 24.9 Å². The summed E-state index contributed by atoms with van der Waals surface area (Å²) < 4.78 is 13.9. The van der Waals surface area contributed by atoms with Crippen molar-refractivity contribution in [2.24, 2.45) is 0 Å². The molecule has 1 aromatic rings. The number of hydrogen-bond donors (Lipinski definition) is 1. The van der Waals surface area contributed by atoms with Crippen LogP contribution in [0.15, 0.2) is 22.7 Å². The number of likely N-dealkylation sites (N-methyl/N-ethyl adjacent to an activating group) is 1. The highest BCUT2D eigenvalue weighted by Gasteiger charge is 2.43. The van der Waals surface area contributed by atoms with Crippen LogP contribution in [-0.4, -0.2) is 13.6 Å². The monoisotopic (exact) mass is 257 g/mol. The lowest BCUT2D eigenvalue weighted by molar-refractivity contribution is 0.594. The van der Waals surface area contributed by atoms with Gasteiger partial charge in [-0.25, -0.2) is 4.39 Å². The summed E-state index contributed by atoms with van der Waals surface area (Å²) in [6.45, 7) is 0.939. The Bertz CT molecular complexity index is 347.